The normalized spacial score (nSPS) is 19.0. The number of hydrogen-bond donors (Lipinski definition) is 1. The highest BCUT2D eigenvalue weighted by atomic mass is 28.3. The Morgan fingerprint density at radius 3 is 2.69 bits per heavy atom. The van der Waals surface area contributed by atoms with E-state index < -0.39 is 15.2 Å². The fourth-order valence-corrected chi connectivity index (χ4v) is 2.21. The zero-order chi connectivity index (χ0) is 11.8. The fraction of sp³-hybridized carbons (Fsp3) is 0.333. The Balaban J connectivity index is 2.30. The van der Waals surface area contributed by atoms with Crippen LogP contribution in [0.5, 0.6) is 0 Å². The van der Waals surface area contributed by atoms with Gasteiger partial charge in [0.2, 0.25) is 0 Å². The van der Waals surface area contributed by atoms with Crippen molar-refractivity contribution >= 4 is 20.7 Å². The third-order valence-electron chi connectivity index (χ3n) is 2.39. The minimum Gasteiger partial charge on any atom is -0.423 e. The molecular formula is C12H15BO2Si. The second kappa shape index (κ2) is 4.10. The summed E-state index contributed by atoms with van der Waals surface area (Å²) in [5.41, 5.74) is 5.12. The highest BCUT2D eigenvalue weighted by Crippen LogP contribution is 2.22. The first-order chi connectivity index (χ1) is 7.47. The van der Waals surface area contributed by atoms with Crippen molar-refractivity contribution < 1.29 is 9.68 Å². The number of fused-ring (bicyclic) bond motifs is 1. The van der Waals surface area contributed by atoms with Crippen LogP contribution in [0.15, 0.2) is 24.3 Å². The molecule has 0 aliphatic carbocycles. The molecular weight excluding hydrogens is 215 g/mol. The van der Waals surface area contributed by atoms with Gasteiger partial charge in [-0.3, -0.25) is 0 Å². The Kier molecular flexibility index (Phi) is 2.94. The molecule has 1 unspecified atom stereocenters. The van der Waals surface area contributed by atoms with E-state index in [2.05, 4.69) is 31.1 Å². The first-order valence-corrected chi connectivity index (χ1v) is 8.92. The molecule has 1 aliphatic heterocycles. The Hall–Kier alpha value is -1.02. The lowest BCUT2D eigenvalue weighted by molar-refractivity contribution is 0.241. The predicted octanol–water partition coefficient (Wildman–Crippen LogP) is 1.33. The molecule has 0 saturated carbocycles. The molecule has 0 radical (unpaired) electrons. The van der Waals surface area contributed by atoms with Gasteiger partial charge in [0.05, 0.1) is 0 Å². The van der Waals surface area contributed by atoms with Gasteiger partial charge in [0.25, 0.3) is 0 Å². The molecule has 0 saturated heterocycles. The van der Waals surface area contributed by atoms with Gasteiger partial charge in [0, 0.05) is 0 Å². The SMILES string of the molecule is C[Si](C)(C)C#CC1OB(O)c2ccccc21. The molecule has 82 valence electrons. The van der Waals surface area contributed by atoms with Crippen molar-refractivity contribution in [1.29, 1.82) is 0 Å². The van der Waals surface area contributed by atoms with E-state index in [9.17, 15) is 5.02 Å². The van der Waals surface area contributed by atoms with Crippen LogP contribution in [0.4, 0.5) is 0 Å². The van der Waals surface area contributed by atoms with Crippen molar-refractivity contribution in [2.45, 2.75) is 25.7 Å². The summed E-state index contributed by atoms with van der Waals surface area (Å²) < 4.78 is 5.43. The third-order valence-corrected chi connectivity index (χ3v) is 3.28. The molecule has 0 amide bonds. The van der Waals surface area contributed by atoms with Crippen molar-refractivity contribution in [2.75, 3.05) is 0 Å². The predicted molar refractivity (Wildman–Crippen MR) is 69.0 cm³/mol. The third kappa shape index (κ3) is 2.38. The van der Waals surface area contributed by atoms with E-state index in [-0.39, 0.29) is 6.10 Å². The van der Waals surface area contributed by atoms with Crippen molar-refractivity contribution in [1.82, 2.24) is 0 Å². The first kappa shape index (κ1) is 11.5. The van der Waals surface area contributed by atoms with Gasteiger partial charge < -0.3 is 9.68 Å². The molecule has 0 spiro atoms. The molecule has 1 N–H and O–H groups in total. The summed E-state index contributed by atoms with van der Waals surface area (Å²) in [5.74, 6) is 3.14. The minimum absolute atomic E-state index is 0.266. The van der Waals surface area contributed by atoms with Gasteiger partial charge in [-0.1, -0.05) is 49.8 Å². The molecule has 1 aromatic rings. The average Bonchev–Trinajstić information content (AvgIpc) is 2.53. The summed E-state index contributed by atoms with van der Waals surface area (Å²) in [6.07, 6.45) is -0.266. The second-order valence-corrected chi connectivity index (χ2v) is 9.77. The van der Waals surface area contributed by atoms with E-state index in [4.69, 9.17) is 4.65 Å². The van der Waals surface area contributed by atoms with Crippen LogP contribution in [0.2, 0.25) is 19.6 Å². The van der Waals surface area contributed by atoms with Crippen LogP contribution in [0, 0.1) is 11.5 Å². The molecule has 0 aromatic heterocycles. The Morgan fingerprint density at radius 2 is 2.00 bits per heavy atom. The summed E-state index contributed by atoms with van der Waals surface area (Å²) >= 11 is 0. The molecule has 0 fully saturated rings. The molecule has 16 heavy (non-hydrogen) atoms. The van der Waals surface area contributed by atoms with E-state index in [1.54, 1.807) is 0 Å². The molecule has 2 nitrogen and oxygen atoms in total. The number of rotatable bonds is 0. The van der Waals surface area contributed by atoms with Crippen LogP contribution in [-0.4, -0.2) is 20.2 Å². The maximum Gasteiger partial charge on any atom is 0.492 e. The van der Waals surface area contributed by atoms with E-state index in [0.29, 0.717) is 0 Å². The summed E-state index contributed by atoms with van der Waals surface area (Å²) in [5, 5.41) is 9.70. The van der Waals surface area contributed by atoms with E-state index in [1.807, 2.05) is 24.3 Å². The lowest BCUT2D eigenvalue weighted by Gasteiger charge is -2.07. The summed E-state index contributed by atoms with van der Waals surface area (Å²) in [4.78, 5) is 0. The van der Waals surface area contributed by atoms with Crippen molar-refractivity contribution in [3.8, 4) is 11.5 Å². The number of benzene rings is 1. The molecule has 4 heteroatoms. The van der Waals surface area contributed by atoms with Crippen LogP contribution in [0.25, 0.3) is 0 Å². The molecule has 1 aromatic carbocycles. The van der Waals surface area contributed by atoms with E-state index in [1.165, 1.54) is 0 Å². The molecule has 2 rings (SSSR count). The highest BCUT2D eigenvalue weighted by Gasteiger charge is 2.33. The van der Waals surface area contributed by atoms with Crippen molar-refractivity contribution in [3.05, 3.63) is 29.8 Å². The Morgan fingerprint density at radius 1 is 1.31 bits per heavy atom. The molecule has 1 atom stereocenters. The minimum atomic E-state index is -1.39. The van der Waals surface area contributed by atoms with Gasteiger partial charge in [0.15, 0.2) is 0 Å². The van der Waals surface area contributed by atoms with Crippen LogP contribution in [0.1, 0.15) is 11.7 Å². The van der Waals surface area contributed by atoms with Gasteiger partial charge >= 0.3 is 7.12 Å². The zero-order valence-electron chi connectivity index (χ0n) is 9.82. The van der Waals surface area contributed by atoms with Crippen LogP contribution < -0.4 is 5.46 Å². The van der Waals surface area contributed by atoms with Crippen LogP contribution in [0.3, 0.4) is 0 Å². The van der Waals surface area contributed by atoms with Gasteiger partial charge in [-0.2, -0.15) is 0 Å². The second-order valence-electron chi connectivity index (χ2n) is 5.02. The topological polar surface area (TPSA) is 29.5 Å². The summed E-state index contributed by atoms with van der Waals surface area (Å²) in [7, 11) is -2.21. The summed E-state index contributed by atoms with van der Waals surface area (Å²) in [6.45, 7) is 6.58. The molecule has 0 bridgehead atoms. The van der Waals surface area contributed by atoms with Gasteiger partial charge in [-0.25, -0.2) is 0 Å². The maximum atomic E-state index is 9.70. The quantitative estimate of drug-likeness (QED) is 0.538. The van der Waals surface area contributed by atoms with Crippen LogP contribution >= 0.6 is 0 Å². The lowest BCUT2D eigenvalue weighted by atomic mass is 9.79. The molecule has 1 aliphatic rings. The monoisotopic (exact) mass is 230 g/mol. The van der Waals surface area contributed by atoms with Crippen molar-refractivity contribution in [2.24, 2.45) is 0 Å². The number of hydrogen-bond acceptors (Lipinski definition) is 2. The highest BCUT2D eigenvalue weighted by molar-refractivity contribution is 6.83. The average molecular weight is 230 g/mol. The van der Waals surface area contributed by atoms with E-state index >= 15 is 0 Å². The zero-order valence-corrected chi connectivity index (χ0v) is 10.8. The molecule has 1 heterocycles. The van der Waals surface area contributed by atoms with Gasteiger partial charge in [-0.15, -0.1) is 5.54 Å². The fourth-order valence-electron chi connectivity index (χ4n) is 1.64. The smallest absolute Gasteiger partial charge is 0.423 e. The van der Waals surface area contributed by atoms with Crippen LogP contribution in [-0.2, 0) is 4.65 Å². The summed E-state index contributed by atoms with van der Waals surface area (Å²) in [6, 6.07) is 7.70. The van der Waals surface area contributed by atoms with E-state index in [0.717, 1.165) is 11.0 Å². The Bertz CT molecular complexity index is 456. The largest absolute Gasteiger partial charge is 0.492 e. The van der Waals surface area contributed by atoms with Gasteiger partial charge in [0.1, 0.15) is 14.2 Å². The Labute approximate surface area is 97.8 Å². The maximum absolute atomic E-state index is 9.70. The van der Waals surface area contributed by atoms with Crippen molar-refractivity contribution in [3.63, 3.8) is 0 Å². The van der Waals surface area contributed by atoms with Gasteiger partial charge in [-0.05, 0) is 11.0 Å². The lowest BCUT2D eigenvalue weighted by Crippen LogP contribution is -2.27. The first-order valence-electron chi connectivity index (χ1n) is 5.42. The standard InChI is InChI=1S/C12H15BO2Si/c1-16(2,3)9-8-12-10-6-4-5-7-11(10)13(14)15-12/h4-7,12,14H,1-3H3.